The summed E-state index contributed by atoms with van der Waals surface area (Å²) in [5.74, 6) is -0.0386. The molecule has 24 heavy (non-hydrogen) atoms. The van der Waals surface area contributed by atoms with Crippen molar-refractivity contribution in [1.82, 2.24) is 0 Å². The highest BCUT2D eigenvalue weighted by Crippen LogP contribution is 2.24. The highest BCUT2D eigenvalue weighted by molar-refractivity contribution is 9.10. The summed E-state index contributed by atoms with van der Waals surface area (Å²) in [6.07, 6.45) is -0.628. The predicted molar refractivity (Wildman–Crippen MR) is 97.7 cm³/mol. The number of rotatable bonds is 6. The Morgan fingerprint density at radius 2 is 1.67 bits per heavy atom. The Morgan fingerprint density at radius 3 is 2.33 bits per heavy atom. The van der Waals surface area contributed by atoms with Gasteiger partial charge < -0.3 is 4.74 Å². The summed E-state index contributed by atoms with van der Waals surface area (Å²) in [4.78, 5) is 12.9. The van der Waals surface area contributed by atoms with Gasteiger partial charge >= 0.3 is 0 Å². The van der Waals surface area contributed by atoms with Gasteiger partial charge in [-0.3, -0.25) is 4.79 Å². The van der Waals surface area contributed by atoms with Crippen LogP contribution in [0.1, 0.15) is 27.6 Å². The van der Waals surface area contributed by atoms with E-state index in [1.165, 1.54) is 0 Å². The maximum absolute atomic E-state index is 12.9. The molecule has 1 radical (unpaired) electrons. The van der Waals surface area contributed by atoms with E-state index in [0.29, 0.717) is 12.2 Å². The first kappa shape index (κ1) is 16.6. The zero-order valence-corrected chi connectivity index (χ0v) is 14.6. The van der Waals surface area contributed by atoms with E-state index in [1.54, 1.807) is 0 Å². The van der Waals surface area contributed by atoms with Crippen LogP contribution in [0, 0.1) is 6.07 Å². The molecule has 0 spiro atoms. The van der Waals surface area contributed by atoms with Crippen LogP contribution in [-0.4, -0.2) is 5.78 Å². The Morgan fingerprint density at radius 1 is 1.00 bits per heavy atom. The zero-order valence-electron chi connectivity index (χ0n) is 13.0. The van der Waals surface area contributed by atoms with Crippen LogP contribution in [0.15, 0.2) is 83.3 Å². The number of ketones is 1. The van der Waals surface area contributed by atoms with Gasteiger partial charge in [-0.15, -0.1) is 0 Å². The van der Waals surface area contributed by atoms with Crippen LogP contribution in [0.25, 0.3) is 0 Å². The largest absolute Gasteiger partial charge is 0.361 e. The molecule has 0 heterocycles. The first-order chi connectivity index (χ1) is 11.7. The first-order valence-corrected chi connectivity index (χ1v) is 8.45. The molecule has 0 saturated carbocycles. The quantitative estimate of drug-likeness (QED) is 0.536. The second-order valence-corrected chi connectivity index (χ2v) is 6.23. The third-order valence-corrected chi connectivity index (χ3v) is 4.10. The molecule has 2 nitrogen and oxygen atoms in total. The van der Waals surface area contributed by atoms with Crippen molar-refractivity contribution in [2.75, 3.05) is 0 Å². The minimum absolute atomic E-state index is 0.0386. The molecule has 0 fully saturated rings. The third-order valence-electron chi connectivity index (χ3n) is 3.65. The number of carbonyl (C=O) groups excluding carboxylic acids is 1. The Hall–Kier alpha value is -2.23. The van der Waals surface area contributed by atoms with Gasteiger partial charge in [-0.25, -0.2) is 0 Å². The van der Waals surface area contributed by atoms with Crippen LogP contribution in [0.5, 0.6) is 0 Å². The number of carbonyl (C=O) groups is 1. The first-order valence-electron chi connectivity index (χ1n) is 7.66. The van der Waals surface area contributed by atoms with E-state index in [-0.39, 0.29) is 5.78 Å². The summed E-state index contributed by atoms with van der Waals surface area (Å²) in [6.45, 7) is 0.353. The lowest BCUT2D eigenvalue weighted by atomic mass is 10.00. The van der Waals surface area contributed by atoms with Crippen LogP contribution >= 0.6 is 15.9 Å². The predicted octanol–water partition coefficient (Wildman–Crippen LogP) is 5.39. The summed E-state index contributed by atoms with van der Waals surface area (Å²) in [5.41, 5.74) is 2.49. The van der Waals surface area contributed by atoms with Gasteiger partial charge in [-0.05, 0) is 23.3 Å². The molecule has 0 aromatic heterocycles. The van der Waals surface area contributed by atoms with E-state index in [1.807, 2.05) is 78.9 Å². The number of hydrogen-bond donors (Lipinski definition) is 0. The fraction of sp³-hybridized carbons (Fsp3) is 0.0952. The average molecular weight is 380 g/mol. The van der Waals surface area contributed by atoms with Crippen molar-refractivity contribution >= 4 is 21.7 Å². The minimum atomic E-state index is -0.628. The Balaban J connectivity index is 1.84. The lowest BCUT2D eigenvalue weighted by Gasteiger charge is -2.17. The van der Waals surface area contributed by atoms with Crippen molar-refractivity contribution in [3.05, 3.63) is 106 Å². The van der Waals surface area contributed by atoms with E-state index in [2.05, 4.69) is 22.0 Å². The SMILES string of the molecule is O=C(c1ccccc1)C(OCc1cc[c]c(Br)c1)c1ccccc1. The van der Waals surface area contributed by atoms with Crippen molar-refractivity contribution in [3.63, 3.8) is 0 Å². The lowest BCUT2D eigenvalue weighted by Crippen LogP contribution is -2.16. The average Bonchev–Trinajstić information content (AvgIpc) is 2.63. The number of ether oxygens (including phenoxy) is 1. The Bertz CT molecular complexity index is 800. The summed E-state index contributed by atoms with van der Waals surface area (Å²) in [7, 11) is 0. The smallest absolute Gasteiger partial charge is 0.196 e. The van der Waals surface area contributed by atoms with Gasteiger partial charge in [0.1, 0.15) is 6.10 Å². The molecular formula is C21H16BrO2. The topological polar surface area (TPSA) is 26.3 Å². The van der Waals surface area contributed by atoms with Gasteiger partial charge in [0, 0.05) is 10.0 Å². The van der Waals surface area contributed by atoms with Crippen molar-refractivity contribution < 1.29 is 9.53 Å². The van der Waals surface area contributed by atoms with Crippen molar-refractivity contribution in [2.24, 2.45) is 0 Å². The normalized spacial score (nSPS) is 11.9. The van der Waals surface area contributed by atoms with Crippen molar-refractivity contribution in [3.8, 4) is 0 Å². The highest BCUT2D eigenvalue weighted by atomic mass is 79.9. The van der Waals surface area contributed by atoms with E-state index in [0.717, 1.165) is 15.6 Å². The summed E-state index contributed by atoms with van der Waals surface area (Å²) in [5, 5.41) is 0. The third kappa shape index (κ3) is 4.19. The molecule has 0 aliphatic carbocycles. The summed E-state index contributed by atoms with van der Waals surface area (Å²) < 4.78 is 6.87. The number of benzene rings is 3. The molecule has 119 valence electrons. The standard InChI is InChI=1S/C21H16BrO2/c22-19-13-7-8-16(14-19)15-24-21(18-11-5-2-6-12-18)20(23)17-9-3-1-4-10-17/h1-12,14,21H,15H2. The molecule has 3 aromatic rings. The number of Topliss-reactive ketones (excluding diaryl/α,β-unsaturated/α-hetero) is 1. The van der Waals surface area contributed by atoms with Crippen LogP contribution in [0.4, 0.5) is 0 Å². The molecule has 0 saturated heterocycles. The molecule has 0 aliphatic rings. The Kier molecular flexibility index (Phi) is 5.57. The zero-order chi connectivity index (χ0) is 16.8. The molecule has 0 bridgehead atoms. The van der Waals surface area contributed by atoms with E-state index in [9.17, 15) is 4.79 Å². The van der Waals surface area contributed by atoms with Crippen LogP contribution in [0.3, 0.4) is 0 Å². The lowest BCUT2D eigenvalue weighted by molar-refractivity contribution is 0.0334. The Labute approximate surface area is 150 Å². The van der Waals surface area contributed by atoms with Crippen LogP contribution < -0.4 is 0 Å². The van der Waals surface area contributed by atoms with Gasteiger partial charge in [-0.1, -0.05) is 88.7 Å². The molecule has 3 heteroatoms. The molecule has 1 unspecified atom stereocenters. The fourth-order valence-electron chi connectivity index (χ4n) is 2.46. The summed E-state index contributed by atoms with van der Waals surface area (Å²) in [6, 6.07) is 27.6. The summed E-state index contributed by atoms with van der Waals surface area (Å²) >= 11 is 3.40. The van der Waals surface area contributed by atoms with E-state index < -0.39 is 6.10 Å². The van der Waals surface area contributed by atoms with Gasteiger partial charge in [0.15, 0.2) is 5.78 Å². The molecule has 3 aromatic carbocycles. The molecule has 1 atom stereocenters. The molecule has 0 aliphatic heterocycles. The highest BCUT2D eigenvalue weighted by Gasteiger charge is 2.22. The fourth-order valence-corrected chi connectivity index (χ4v) is 2.88. The monoisotopic (exact) mass is 379 g/mol. The second kappa shape index (κ2) is 8.04. The number of hydrogen-bond acceptors (Lipinski definition) is 2. The van der Waals surface area contributed by atoms with E-state index >= 15 is 0 Å². The van der Waals surface area contributed by atoms with Crippen LogP contribution in [0.2, 0.25) is 0 Å². The van der Waals surface area contributed by atoms with Crippen LogP contribution in [-0.2, 0) is 11.3 Å². The number of halogens is 1. The van der Waals surface area contributed by atoms with Gasteiger partial charge in [0.25, 0.3) is 0 Å². The maximum Gasteiger partial charge on any atom is 0.196 e. The molecular weight excluding hydrogens is 364 g/mol. The van der Waals surface area contributed by atoms with Gasteiger partial charge in [-0.2, -0.15) is 0 Å². The maximum atomic E-state index is 12.9. The van der Waals surface area contributed by atoms with E-state index in [4.69, 9.17) is 4.74 Å². The van der Waals surface area contributed by atoms with Crippen molar-refractivity contribution in [2.45, 2.75) is 12.7 Å². The minimum Gasteiger partial charge on any atom is -0.361 e. The molecule has 0 amide bonds. The van der Waals surface area contributed by atoms with Crippen molar-refractivity contribution in [1.29, 1.82) is 0 Å². The second-order valence-electron chi connectivity index (χ2n) is 5.38. The van der Waals surface area contributed by atoms with Gasteiger partial charge in [0.2, 0.25) is 0 Å². The molecule has 3 rings (SSSR count). The molecule has 0 N–H and O–H groups in total. The van der Waals surface area contributed by atoms with Gasteiger partial charge in [0.05, 0.1) is 6.61 Å².